The first-order valence-corrected chi connectivity index (χ1v) is 30.9. The minimum atomic E-state index is -1.32. The Bertz CT molecular complexity index is 3800. The van der Waals surface area contributed by atoms with Crippen molar-refractivity contribution in [3.05, 3.63) is 122 Å². The number of benzene rings is 3. The van der Waals surface area contributed by atoms with E-state index in [2.05, 4.69) is 47.2 Å². The Labute approximate surface area is 549 Å². The summed E-state index contributed by atoms with van der Waals surface area (Å²) in [5.74, 6) is -6.72. The number of amides is 6. The Morgan fingerprint density at radius 1 is 0.505 bits per heavy atom. The Kier molecular flexibility index (Phi) is 24.6. The number of nitrogens with one attached hydrogen (secondary N) is 6. The maximum atomic E-state index is 14.6. The number of carbonyl (C=O) groups is 6. The number of rotatable bonds is 15. The van der Waals surface area contributed by atoms with Gasteiger partial charge in [-0.15, -0.1) is 0 Å². The average molecular weight is 1360 g/mol. The highest BCUT2D eigenvalue weighted by atomic mass is 35.5. The van der Waals surface area contributed by atoms with E-state index >= 15 is 0 Å². The van der Waals surface area contributed by atoms with Gasteiger partial charge in [-0.05, 0) is 72.2 Å². The van der Waals surface area contributed by atoms with Crippen LogP contribution < -0.4 is 31.9 Å². The molecular weight excluding hydrogens is 1280 g/mol. The molecule has 0 unspecified atom stereocenters. The lowest BCUT2D eigenvalue weighted by Crippen LogP contribution is -2.55. The summed E-state index contributed by atoms with van der Waals surface area (Å²) in [5, 5.41) is 55.9. The van der Waals surface area contributed by atoms with Gasteiger partial charge in [0.05, 0.1) is 69.0 Å². The first-order valence-electron chi connectivity index (χ1n) is 30.5. The van der Waals surface area contributed by atoms with Crippen LogP contribution in [0.15, 0.2) is 48.5 Å². The molecule has 0 aliphatic carbocycles. The summed E-state index contributed by atoms with van der Waals surface area (Å²) in [4.78, 5) is 79.1. The van der Waals surface area contributed by atoms with Crippen LogP contribution in [0.3, 0.4) is 0 Å². The molecule has 0 spiro atoms. The van der Waals surface area contributed by atoms with Gasteiger partial charge in [-0.2, -0.15) is 29.3 Å². The highest BCUT2D eigenvalue weighted by Crippen LogP contribution is 2.36. The quantitative estimate of drug-likeness (QED) is 0.0391. The van der Waals surface area contributed by atoms with Gasteiger partial charge in [-0.1, -0.05) is 73.9 Å². The van der Waals surface area contributed by atoms with E-state index in [1.807, 2.05) is 32.7 Å². The summed E-state index contributed by atoms with van der Waals surface area (Å²) in [6.07, 6.45) is 1.19. The van der Waals surface area contributed by atoms with Crippen molar-refractivity contribution >= 4 is 47.4 Å². The minimum absolute atomic E-state index is 0.0306. The van der Waals surface area contributed by atoms with Gasteiger partial charge >= 0.3 is 18.1 Å². The van der Waals surface area contributed by atoms with Gasteiger partial charge in [0, 0.05) is 90.0 Å². The number of ether oxygens (including phenoxy) is 2. The first-order chi connectivity index (χ1) is 44.7. The fraction of sp³-hybridized carbons (Fsp3) is 0.484. The molecule has 3 aliphatic heterocycles. The van der Waals surface area contributed by atoms with E-state index in [0.717, 1.165) is 33.6 Å². The van der Waals surface area contributed by atoms with Crippen molar-refractivity contribution in [3.63, 3.8) is 0 Å². The number of fused-ring (bicyclic) bond motifs is 3. The number of aromatic nitrogens is 6. The van der Waals surface area contributed by atoms with E-state index in [0.29, 0.717) is 91.1 Å². The lowest BCUT2D eigenvalue weighted by molar-refractivity contribution is -0.126. The molecule has 95 heavy (non-hydrogen) atoms. The van der Waals surface area contributed by atoms with Crippen molar-refractivity contribution in [1.82, 2.24) is 66.1 Å². The van der Waals surface area contributed by atoms with Gasteiger partial charge in [0.2, 0.25) is 17.7 Å². The summed E-state index contributed by atoms with van der Waals surface area (Å²) < 4.78 is 98.8. The molecule has 0 bridgehead atoms. The molecule has 31 heteroatoms. The largest absolute Gasteiger partial charge is 0.395 e. The van der Waals surface area contributed by atoms with Crippen LogP contribution in [0.4, 0.5) is 40.7 Å². The fourth-order valence-corrected chi connectivity index (χ4v) is 10.8. The van der Waals surface area contributed by atoms with Crippen LogP contribution in [0.1, 0.15) is 96.1 Å². The van der Waals surface area contributed by atoms with Crippen LogP contribution in [0.5, 0.6) is 0 Å². The number of nitrogens with zero attached hydrogens (tertiary/aromatic N) is 7. The zero-order valence-corrected chi connectivity index (χ0v) is 55.1. The van der Waals surface area contributed by atoms with Crippen molar-refractivity contribution in [2.45, 2.75) is 119 Å². The Balaban J connectivity index is 0.000000201. The van der Waals surface area contributed by atoms with E-state index in [9.17, 15) is 55.1 Å². The molecule has 3 aromatic carbocycles. The predicted octanol–water partition coefficient (Wildman–Crippen LogP) is 6.51. The smallest absolute Gasteiger partial charge is 0.343 e. The van der Waals surface area contributed by atoms with Crippen molar-refractivity contribution in [3.8, 4) is 33.8 Å². The molecule has 24 nitrogen and oxygen atoms in total. The molecule has 0 saturated heterocycles. The molecule has 0 saturated carbocycles. The second kappa shape index (κ2) is 31.5. The summed E-state index contributed by atoms with van der Waals surface area (Å²) in [6.45, 7) is 17.6. The molecule has 9 rings (SSSR count). The van der Waals surface area contributed by atoms with Gasteiger partial charge in [0.25, 0.3) is 0 Å². The number of likely N-dealkylation sites (N-methyl/N-ethyl adjacent to an activating group) is 1. The number of aliphatic hydroxyl groups excluding tert-OH is 3. The molecule has 6 aromatic rings. The van der Waals surface area contributed by atoms with Crippen LogP contribution >= 0.6 is 11.6 Å². The van der Waals surface area contributed by atoms with E-state index < -0.39 is 105 Å². The van der Waals surface area contributed by atoms with Crippen LogP contribution in [-0.2, 0) is 62.9 Å². The molecule has 3 aromatic heterocycles. The molecule has 6 amide bonds. The highest BCUT2D eigenvalue weighted by molar-refractivity contribution is 6.30. The highest BCUT2D eigenvalue weighted by Gasteiger charge is 2.39. The molecule has 3 atom stereocenters. The minimum Gasteiger partial charge on any atom is -0.395 e. The van der Waals surface area contributed by atoms with Gasteiger partial charge in [0.1, 0.15) is 52.8 Å². The van der Waals surface area contributed by atoms with Gasteiger partial charge < -0.3 is 61.6 Å². The summed E-state index contributed by atoms with van der Waals surface area (Å²) >= 11 is 5.86. The first kappa shape index (κ1) is 74.1. The lowest BCUT2D eigenvalue weighted by Gasteiger charge is -2.30. The topological polar surface area (TPSA) is 310 Å². The zero-order valence-electron chi connectivity index (χ0n) is 54.3. The van der Waals surface area contributed by atoms with E-state index in [4.69, 9.17) is 36.4 Å². The summed E-state index contributed by atoms with van der Waals surface area (Å²) in [7, 11) is 1.84. The second-order valence-corrected chi connectivity index (χ2v) is 26.4. The zero-order chi connectivity index (χ0) is 70.0. The number of hydrogen-bond acceptors (Lipinski definition) is 15. The SMILES string of the molecule is CC(C)(C)[C@H](NC(=O)n1nc(-c2cc(F)ccc2F)c2c1CCOC2)C(=O)NCCO.CC(C)(C)[C@H](NC(=O)n1nc(-c2ccc(Cl)cc2F)c2c1CCOC2)C(=O)NCCO.CN1CCc2c(-c3cc(F)c(F)cc3F)nn(C(=O)N[C@H](C(=O)NCCO)C(C)(C)C)c2C1. The van der Waals surface area contributed by atoms with Gasteiger partial charge in [-0.25, -0.2) is 40.7 Å². The lowest BCUT2D eigenvalue weighted by atomic mass is 9.86. The Hall–Kier alpha value is -8.26. The normalized spacial score (nSPS) is 14.8. The number of halogens is 7. The van der Waals surface area contributed by atoms with Crippen molar-refractivity contribution in [1.29, 1.82) is 0 Å². The standard InChI is InChI=1S/C22H28F3N5O3.C21H26ClFN4O4.C21H26F2N4O4/c1-22(2,3)19(20(32)26-6-8-31)27-21(33)30-17-11-29(4)7-5-12(17)18(28-30)13-9-15(24)16(25)10-14(13)23;1-21(2,3)18(19(29)24-7-8-28)25-20(30)27-16-6-9-31-11-14(16)17(26-27)13-5-4-12(22)10-15(13)23;1-21(2,3)18(19(29)24-7-8-28)25-20(30)27-16-6-9-31-11-14(16)17(26-27)13-10-12(22)4-5-15(13)23/h9-10,19,31H,5-8,11H2,1-4H3,(H,26,32)(H,27,33);2*4-5,10,18,28H,6-9,11H2,1-3H3,(H,24,29)(H,25,30)/t19-;2*18-/m111/s1. The maximum absolute atomic E-state index is 14.6. The van der Waals surface area contributed by atoms with Crippen molar-refractivity contribution < 1.29 is 79.9 Å². The predicted molar refractivity (Wildman–Crippen MR) is 336 cm³/mol. The fourth-order valence-electron chi connectivity index (χ4n) is 10.7. The third kappa shape index (κ3) is 18.0. The third-order valence-electron chi connectivity index (χ3n) is 15.5. The molecule has 0 fully saturated rings. The number of hydrogen-bond donors (Lipinski definition) is 9. The van der Waals surface area contributed by atoms with Crippen molar-refractivity contribution in [2.75, 3.05) is 66.3 Å². The Morgan fingerprint density at radius 3 is 1.34 bits per heavy atom. The number of aliphatic hydroxyl groups is 3. The number of carbonyl (C=O) groups excluding carboxylic acids is 6. The average Bonchev–Trinajstić information content (AvgIpc) is 1.64. The third-order valence-corrected chi connectivity index (χ3v) is 15.8. The molecule has 0 radical (unpaired) electrons. The van der Waals surface area contributed by atoms with E-state index in [1.54, 1.807) is 47.6 Å². The van der Waals surface area contributed by atoms with Gasteiger partial charge in [0.15, 0.2) is 11.6 Å². The van der Waals surface area contributed by atoms with Crippen LogP contribution in [0, 0.1) is 51.1 Å². The van der Waals surface area contributed by atoms with E-state index in [-0.39, 0.29) is 85.8 Å². The molecule has 9 N–H and O–H groups in total. The van der Waals surface area contributed by atoms with Crippen LogP contribution in [-0.4, -0.2) is 170 Å². The molecular formula is C64H80ClF6N13O11. The summed E-state index contributed by atoms with van der Waals surface area (Å²) in [5.41, 5.74) is 1.77. The monoisotopic (exact) mass is 1360 g/mol. The maximum Gasteiger partial charge on any atom is 0.343 e. The molecule has 6 heterocycles. The van der Waals surface area contributed by atoms with Crippen LogP contribution in [0.2, 0.25) is 5.02 Å². The van der Waals surface area contributed by atoms with E-state index in [1.165, 1.54) is 16.8 Å². The molecule has 516 valence electrons. The van der Waals surface area contributed by atoms with Gasteiger partial charge in [-0.3, -0.25) is 14.4 Å². The van der Waals surface area contributed by atoms with Crippen molar-refractivity contribution in [2.24, 2.45) is 16.2 Å². The van der Waals surface area contributed by atoms with Crippen LogP contribution in [0.25, 0.3) is 33.8 Å². The molecule has 3 aliphatic rings. The Morgan fingerprint density at radius 2 is 0.905 bits per heavy atom. The summed E-state index contributed by atoms with van der Waals surface area (Å²) in [6, 6.07) is 3.73. The second-order valence-electron chi connectivity index (χ2n) is 25.9.